The first-order valence-electron chi connectivity index (χ1n) is 6.92. The Hall–Kier alpha value is -2.95. The van der Waals surface area contributed by atoms with Crippen LogP contribution in [-0.4, -0.2) is 28.1 Å². The molecule has 0 spiro atoms. The molecule has 1 aromatic heterocycles. The molecule has 5 nitrogen and oxygen atoms in total. The number of hydrogen-bond donors (Lipinski definition) is 0. The van der Waals surface area contributed by atoms with Crippen molar-refractivity contribution in [1.82, 2.24) is 15.1 Å². The minimum atomic E-state index is -0.293. The fourth-order valence-electron chi connectivity index (χ4n) is 2.10. The van der Waals surface area contributed by atoms with E-state index in [-0.39, 0.29) is 11.8 Å². The van der Waals surface area contributed by atoms with E-state index in [0.29, 0.717) is 12.4 Å². The van der Waals surface area contributed by atoms with Gasteiger partial charge in [0.25, 0.3) is 0 Å². The molecular formula is C17H15N3O2. The minimum Gasteiger partial charge on any atom is -0.412 e. The third kappa shape index (κ3) is 3.03. The molecule has 0 radical (unpaired) electrons. The van der Waals surface area contributed by atoms with E-state index in [1.54, 1.807) is 11.9 Å². The molecule has 0 aliphatic heterocycles. The average molecular weight is 293 g/mol. The second-order valence-electron chi connectivity index (χ2n) is 4.93. The maximum atomic E-state index is 12.3. The Bertz CT molecular complexity index is 754. The fourth-order valence-corrected chi connectivity index (χ4v) is 2.10. The lowest BCUT2D eigenvalue weighted by molar-refractivity contribution is 0.0746. The van der Waals surface area contributed by atoms with Gasteiger partial charge < -0.3 is 9.32 Å². The van der Waals surface area contributed by atoms with E-state index in [9.17, 15) is 4.79 Å². The molecule has 3 rings (SSSR count). The van der Waals surface area contributed by atoms with Gasteiger partial charge in [-0.3, -0.25) is 4.79 Å². The first-order chi connectivity index (χ1) is 10.7. The van der Waals surface area contributed by atoms with Gasteiger partial charge in [0.15, 0.2) is 0 Å². The van der Waals surface area contributed by atoms with Gasteiger partial charge in [-0.05, 0) is 17.7 Å². The molecule has 0 unspecified atom stereocenters. The van der Waals surface area contributed by atoms with Crippen LogP contribution in [0.1, 0.15) is 16.2 Å². The smallest absolute Gasteiger partial charge is 0.311 e. The normalized spacial score (nSPS) is 10.4. The van der Waals surface area contributed by atoms with Crippen molar-refractivity contribution < 1.29 is 9.21 Å². The molecule has 1 heterocycles. The monoisotopic (exact) mass is 293 g/mol. The maximum absolute atomic E-state index is 12.3. The molecule has 5 heteroatoms. The van der Waals surface area contributed by atoms with Gasteiger partial charge in [0.1, 0.15) is 0 Å². The fraction of sp³-hybridized carbons (Fsp3) is 0.118. The van der Waals surface area contributed by atoms with Crippen molar-refractivity contribution in [2.24, 2.45) is 0 Å². The van der Waals surface area contributed by atoms with Gasteiger partial charge in [0.2, 0.25) is 5.89 Å². The lowest BCUT2D eigenvalue weighted by atomic mass is 10.2. The van der Waals surface area contributed by atoms with Gasteiger partial charge in [0, 0.05) is 19.2 Å². The third-order valence-electron chi connectivity index (χ3n) is 3.24. The van der Waals surface area contributed by atoms with Crippen LogP contribution >= 0.6 is 0 Å². The molecular weight excluding hydrogens is 278 g/mol. The summed E-state index contributed by atoms with van der Waals surface area (Å²) in [6.07, 6.45) is 0. The molecule has 0 saturated carbocycles. The SMILES string of the molecule is CN(Cc1ccccc1)C(=O)c1nnc(-c2ccccc2)o1. The number of aromatic nitrogens is 2. The molecule has 0 aliphatic carbocycles. The van der Waals surface area contributed by atoms with E-state index in [0.717, 1.165) is 11.1 Å². The number of rotatable bonds is 4. The van der Waals surface area contributed by atoms with Crippen molar-refractivity contribution in [1.29, 1.82) is 0 Å². The van der Waals surface area contributed by atoms with Crippen molar-refractivity contribution in [2.45, 2.75) is 6.54 Å². The Morgan fingerprint density at radius 1 is 1.00 bits per heavy atom. The Labute approximate surface area is 128 Å². The van der Waals surface area contributed by atoms with E-state index >= 15 is 0 Å². The molecule has 3 aromatic rings. The van der Waals surface area contributed by atoms with Gasteiger partial charge in [0.05, 0.1) is 0 Å². The second-order valence-corrected chi connectivity index (χ2v) is 4.93. The Morgan fingerprint density at radius 2 is 1.64 bits per heavy atom. The van der Waals surface area contributed by atoms with Gasteiger partial charge >= 0.3 is 11.8 Å². The van der Waals surface area contributed by atoms with E-state index < -0.39 is 0 Å². The zero-order valence-corrected chi connectivity index (χ0v) is 12.1. The van der Waals surface area contributed by atoms with E-state index in [2.05, 4.69) is 10.2 Å². The Balaban J connectivity index is 1.74. The van der Waals surface area contributed by atoms with Crippen LogP contribution in [0.3, 0.4) is 0 Å². The van der Waals surface area contributed by atoms with Crippen LogP contribution in [0.2, 0.25) is 0 Å². The van der Waals surface area contributed by atoms with Crippen molar-refractivity contribution in [3.63, 3.8) is 0 Å². The topological polar surface area (TPSA) is 59.2 Å². The molecule has 2 aromatic carbocycles. The Morgan fingerprint density at radius 3 is 2.32 bits per heavy atom. The summed E-state index contributed by atoms with van der Waals surface area (Å²) in [6, 6.07) is 19.1. The zero-order valence-electron chi connectivity index (χ0n) is 12.1. The van der Waals surface area contributed by atoms with Crippen LogP contribution in [0.5, 0.6) is 0 Å². The lowest BCUT2D eigenvalue weighted by Gasteiger charge is -2.14. The molecule has 0 N–H and O–H groups in total. The Kier molecular flexibility index (Phi) is 3.96. The molecule has 22 heavy (non-hydrogen) atoms. The first-order valence-corrected chi connectivity index (χ1v) is 6.92. The molecule has 110 valence electrons. The largest absolute Gasteiger partial charge is 0.412 e. The third-order valence-corrected chi connectivity index (χ3v) is 3.24. The molecule has 0 atom stereocenters. The van der Waals surface area contributed by atoms with Crippen molar-refractivity contribution in [2.75, 3.05) is 7.05 Å². The summed E-state index contributed by atoms with van der Waals surface area (Å²) < 4.78 is 5.48. The van der Waals surface area contributed by atoms with Crippen LogP contribution in [0, 0.1) is 0 Å². The number of nitrogens with zero attached hydrogens (tertiary/aromatic N) is 3. The maximum Gasteiger partial charge on any atom is 0.311 e. The quantitative estimate of drug-likeness (QED) is 0.742. The zero-order chi connectivity index (χ0) is 15.4. The number of carbonyl (C=O) groups excluding carboxylic acids is 1. The van der Waals surface area contributed by atoms with Crippen molar-refractivity contribution in [3.05, 3.63) is 72.1 Å². The summed E-state index contributed by atoms with van der Waals surface area (Å²) in [4.78, 5) is 13.9. The van der Waals surface area contributed by atoms with Crippen LogP contribution in [-0.2, 0) is 6.54 Å². The van der Waals surface area contributed by atoms with Crippen molar-refractivity contribution in [3.8, 4) is 11.5 Å². The molecule has 0 aliphatic rings. The molecule has 1 amide bonds. The predicted octanol–water partition coefficient (Wildman–Crippen LogP) is 3.01. The van der Waals surface area contributed by atoms with Crippen LogP contribution in [0.25, 0.3) is 11.5 Å². The summed E-state index contributed by atoms with van der Waals surface area (Å²) in [5, 5.41) is 7.78. The highest BCUT2D eigenvalue weighted by Crippen LogP contribution is 2.17. The summed E-state index contributed by atoms with van der Waals surface area (Å²) in [5.74, 6) is 0.0490. The molecule has 0 fully saturated rings. The molecule has 0 saturated heterocycles. The lowest BCUT2D eigenvalue weighted by Crippen LogP contribution is -2.26. The highest BCUT2D eigenvalue weighted by atomic mass is 16.4. The summed E-state index contributed by atoms with van der Waals surface area (Å²) in [7, 11) is 1.71. The first kappa shape index (κ1) is 14.0. The van der Waals surface area contributed by atoms with E-state index in [1.807, 2.05) is 60.7 Å². The molecule has 0 bridgehead atoms. The van der Waals surface area contributed by atoms with Crippen molar-refractivity contribution >= 4 is 5.91 Å². The number of benzene rings is 2. The van der Waals surface area contributed by atoms with E-state index in [1.165, 1.54) is 0 Å². The second kappa shape index (κ2) is 6.22. The van der Waals surface area contributed by atoms with Crippen LogP contribution in [0.15, 0.2) is 65.1 Å². The average Bonchev–Trinajstić information content (AvgIpc) is 3.06. The summed E-state index contributed by atoms with van der Waals surface area (Å²) >= 11 is 0. The van der Waals surface area contributed by atoms with Gasteiger partial charge in [-0.15, -0.1) is 10.2 Å². The number of hydrogen-bond acceptors (Lipinski definition) is 4. The standard InChI is InChI=1S/C17H15N3O2/c1-20(12-13-8-4-2-5-9-13)17(21)16-19-18-15(22-16)14-10-6-3-7-11-14/h2-11H,12H2,1H3. The number of amides is 1. The van der Waals surface area contributed by atoms with Gasteiger partial charge in [-0.2, -0.15) is 0 Å². The summed E-state index contributed by atoms with van der Waals surface area (Å²) in [5.41, 5.74) is 1.83. The minimum absolute atomic E-state index is 0.00251. The van der Waals surface area contributed by atoms with Crippen LogP contribution in [0.4, 0.5) is 0 Å². The highest BCUT2D eigenvalue weighted by Gasteiger charge is 2.19. The van der Waals surface area contributed by atoms with Gasteiger partial charge in [-0.25, -0.2) is 0 Å². The number of carbonyl (C=O) groups is 1. The van der Waals surface area contributed by atoms with Crippen LogP contribution < -0.4 is 0 Å². The van der Waals surface area contributed by atoms with E-state index in [4.69, 9.17) is 4.42 Å². The summed E-state index contributed by atoms with van der Waals surface area (Å²) in [6.45, 7) is 0.489. The highest BCUT2D eigenvalue weighted by molar-refractivity contribution is 5.89. The predicted molar refractivity (Wildman–Crippen MR) is 82.0 cm³/mol. The van der Waals surface area contributed by atoms with Gasteiger partial charge in [-0.1, -0.05) is 48.5 Å².